The monoisotopic (exact) mass is 288 g/mol. The number of aliphatic hydroxyl groups is 7. The molecule has 10 heteroatoms. The van der Waals surface area contributed by atoms with Gasteiger partial charge in [0.05, 0.1) is 13.2 Å². The zero-order valence-corrected chi connectivity index (χ0v) is 9.90. The summed E-state index contributed by atoms with van der Waals surface area (Å²) in [5.41, 5.74) is 0. The first-order valence-corrected chi connectivity index (χ1v) is 4.88. The lowest BCUT2D eigenvalue weighted by molar-refractivity contribution is -0.127. The van der Waals surface area contributed by atoms with Crippen molar-refractivity contribution in [3.63, 3.8) is 0 Å². The Morgan fingerprint density at radius 3 is 1.32 bits per heavy atom. The van der Waals surface area contributed by atoms with Crippen molar-refractivity contribution in [2.24, 2.45) is 0 Å². The second kappa shape index (κ2) is 13.5. The average Bonchev–Trinajstić information content (AvgIpc) is 2.43. The maximum atomic E-state index is 9.76. The van der Waals surface area contributed by atoms with Crippen LogP contribution < -0.4 is 0 Å². The van der Waals surface area contributed by atoms with E-state index in [-0.39, 0.29) is 18.0 Å². The van der Waals surface area contributed by atoms with E-state index in [1.54, 1.807) is 0 Å². The summed E-state index contributed by atoms with van der Waals surface area (Å²) < 4.78 is 0. The van der Waals surface area contributed by atoms with Gasteiger partial charge >= 0.3 is 0 Å². The highest BCUT2D eigenvalue weighted by atomic mass is 16.4. The Bertz CT molecular complexity index is 223. The number of hydrogen-bond donors (Lipinski definition) is 7. The quantitative estimate of drug-likeness (QED) is 0.222. The van der Waals surface area contributed by atoms with Gasteiger partial charge in [-0.15, -0.1) is 0 Å². The van der Waals surface area contributed by atoms with Crippen molar-refractivity contribution in [1.82, 2.24) is 0 Å². The average molecular weight is 288 g/mol. The van der Waals surface area contributed by atoms with Crippen molar-refractivity contribution in [2.45, 2.75) is 30.5 Å². The molecule has 0 heterocycles. The molecular formula is C9H20O10. The lowest BCUT2D eigenvalue weighted by atomic mass is 10.1. The minimum absolute atomic E-state index is 0. The summed E-state index contributed by atoms with van der Waals surface area (Å²) in [6.07, 6.45) is -7.26. The SMILES string of the molecule is O.O=CC(O)C(O)C(O)CO.O=CC(O)C(O)CO. The Morgan fingerprint density at radius 1 is 0.737 bits per heavy atom. The fourth-order valence-corrected chi connectivity index (χ4v) is 0.615. The highest BCUT2D eigenvalue weighted by molar-refractivity contribution is 5.56. The van der Waals surface area contributed by atoms with E-state index < -0.39 is 43.7 Å². The van der Waals surface area contributed by atoms with E-state index in [9.17, 15) is 9.59 Å². The van der Waals surface area contributed by atoms with Crippen LogP contribution in [0.15, 0.2) is 0 Å². The molecule has 0 aliphatic heterocycles. The highest BCUT2D eigenvalue weighted by Gasteiger charge is 2.22. The van der Waals surface area contributed by atoms with Crippen LogP contribution in [0.5, 0.6) is 0 Å². The Kier molecular flexibility index (Phi) is 16.4. The molecule has 0 spiro atoms. The molecule has 0 saturated heterocycles. The van der Waals surface area contributed by atoms with Crippen LogP contribution in [0.3, 0.4) is 0 Å². The summed E-state index contributed by atoms with van der Waals surface area (Å²) in [6, 6.07) is 0. The lowest BCUT2D eigenvalue weighted by Gasteiger charge is -2.16. The van der Waals surface area contributed by atoms with E-state index in [0.717, 1.165) is 0 Å². The van der Waals surface area contributed by atoms with Gasteiger partial charge in [-0.1, -0.05) is 0 Å². The third kappa shape index (κ3) is 10.6. The summed E-state index contributed by atoms with van der Waals surface area (Å²) in [5, 5.41) is 58.9. The molecule has 9 N–H and O–H groups in total. The molecule has 0 aromatic heterocycles. The van der Waals surface area contributed by atoms with Crippen molar-refractivity contribution in [1.29, 1.82) is 0 Å². The zero-order valence-electron chi connectivity index (χ0n) is 9.90. The summed E-state index contributed by atoms with van der Waals surface area (Å²) in [4.78, 5) is 19.3. The predicted octanol–water partition coefficient (Wildman–Crippen LogP) is -5.66. The minimum atomic E-state index is -1.64. The Hall–Kier alpha value is -0.980. The van der Waals surface area contributed by atoms with Crippen LogP contribution in [0.1, 0.15) is 0 Å². The summed E-state index contributed by atoms with van der Waals surface area (Å²) >= 11 is 0. The van der Waals surface area contributed by atoms with Crippen LogP contribution in [0.4, 0.5) is 0 Å². The van der Waals surface area contributed by atoms with E-state index in [2.05, 4.69) is 0 Å². The third-order valence-corrected chi connectivity index (χ3v) is 1.79. The highest BCUT2D eigenvalue weighted by Crippen LogP contribution is 1.96. The van der Waals surface area contributed by atoms with Gasteiger partial charge in [0.2, 0.25) is 0 Å². The van der Waals surface area contributed by atoms with Gasteiger partial charge < -0.3 is 50.8 Å². The summed E-state index contributed by atoms with van der Waals surface area (Å²) in [5.74, 6) is 0. The standard InChI is InChI=1S/C5H10O5.C4H8O4.H2O/c6-1-3(8)5(10)4(9)2-7;5-1-3(7)4(8)2-6;/h1,3-5,7-10H,2H2;1,3-4,6-8H,2H2;1H2. The number of aliphatic hydroxyl groups excluding tert-OH is 7. The maximum absolute atomic E-state index is 9.76. The van der Waals surface area contributed by atoms with Gasteiger partial charge in [0, 0.05) is 0 Å². The molecule has 0 amide bonds. The summed E-state index contributed by atoms with van der Waals surface area (Å²) in [6.45, 7) is -1.29. The second-order valence-corrected chi connectivity index (χ2v) is 3.24. The van der Waals surface area contributed by atoms with Crippen molar-refractivity contribution in [3.8, 4) is 0 Å². The fraction of sp³-hybridized carbons (Fsp3) is 0.778. The molecule has 0 aromatic rings. The Morgan fingerprint density at radius 2 is 1.11 bits per heavy atom. The van der Waals surface area contributed by atoms with Gasteiger partial charge in [0.1, 0.15) is 30.5 Å². The Labute approximate surface area is 108 Å². The van der Waals surface area contributed by atoms with E-state index in [1.165, 1.54) is 0 Å². The molecule has 0 aliphatic carbocycles. The van der Waals surface area contributed by atoms with Gasteiger partial charge in [-0.05, 0) is 0 Å². The van der Waals surface area contributed by atoms with Crippen LogP contribution in [0.2, 0.25) is 0 Å². The topological polar surface area (TPSA) is 207 Å². The van der Waals surface area contributed by atoms with Crippen molar-refractivity contribution in [2.75, 3.05) is 13.2 Å². The zero-order chi connectivity index (χ0) is 14.7. The number of aldehydes is 2. The van der Waals surface area contributed by atoms with E-state index in [0.29, 0.717) is 0 Å². The second-order valence-electron chi connectivity index (χ2n) is 3.24. The van der Waals surface area contributed by atoms with E-state index in [1.807, 2.05) is 0 Å². The van der Waals surface area contributed by atoms with Crippen molar-refractivity contribution >= 4 is 12.6 Å². The van der Waals surface area contributed by atoms with Gasteiger partial charge in [-0.3, -0.25) is 0 Å². The third-order valence-electron chi connectivity index (χ3n) is 1.79. The van der Waals surface area contributed by atoms with Crippen molar-refractivity contribution < 1.29 is 50.8 Å². The molecule has 10 nitrogen and oxygen atoms in total. The molecule has 0 saturated carbocycles. The molecule has 5 atom stereocenters. The first kappa shape index (κ1) is 23.1. The minimum Gasteiger partial charge on any atom is -0.412 e. The van der Waals surface area contributed by atoms with Gasteiger partial charge in [0.25, 0.3) is 0 Å². The van der Waals surface area contributed by atoms with Gasteiger partial charge in [-0.25, -0.2) is 0 Å². The molecule has 5 unspecified atom stereocenters. The molecule has 0 aliphatic rings. The molecule has 19 heavy (non-hydrogen) atoms. The lowest BCUT2D eigenvalue weighted by Crippen LogP contribution is -2.40. The van der Waals surface area contributed by atoms with E-state index in [4.69, 9.17) is 35.7 Å². The van der Waals surface area contributed by atoms with Gasteiger partial charge in [0.15, 0.2) is 12.6 Å². The van der Waals surface area contributed by atoms with Crippen LogP contribution in [0, 0.1) is 0 Å². The Balaban J connectivity index is -0.000000262. The molecule has 116 valence electrons. The smallest absolute Gasteiger partial charge is 0.151 e. The van der Waals surface area contributed by atoms with Crippen LogP contribution >= 0.6 is 0 Å². The molecule has 0 fully saturated rings. The number of hydrogen-bond acceptors (Lipinski definition) is 9. The van der Waals surface area contributed by atoms with Crippen LogP contribution in [-0.2, 0) is 9.59 Å². The predicted molar refractivity (Wildman–Crippen MR) is 59.9 cm³/mol. The normalized spacial score (nSPS) is 17.6. The first-order valence-electron chi connectivity index (χ1n) is 4.88. The molecule has 0 radical (unpaired) electrons. The number of carbonyl (C=O) groups is 2. The molecular weight excluding hydrogens is 268 g/mol. The fourth-order valence-electron chi connectivity index (χ4n) is 0.615. The van der Waals surface area contributed by atoms with Crippen molar-refractivity contribution in [3.05, 3.63) is 0 Å². The molecule has 0 aromatic carbocycles. The number of carbonyl (C=O) groups excluding carboxylic acids is 2. The summed E-state index contributed by atoms with van der Waals surface area (Å²) in [7, 11) is 0. The molecule has 0 bridgehead atoms. The van der Waals surface area contributed by atoms with E-state index >= 15 is 0 Å². The molecule has 0 rings (SSSR count). The van der Waals surface area contributed by atoms with Crippen LogP contribution in [0.25, 0.3) is 0 Å². The van der Waals surface area contributed by atoms with Gasteiger partial charge in [-0.2, -0.15) is 0 Å². The number of rotatable bonds is 7. The first-order chi connectivity index (χ1) is 8.35. The largest absolute Gasteiger partial charge is 0.412 e. The van der Waals surface area contributed by atoms with Crippen LogP contribution in [-0.4, -0.2) is 97.5 Å². The maximum Gasteiger partial charge on any atom is 0.151 e.